The number of benzene rings is 1. The lowest BCUT2D eigenvalue weighted by molar-refractivity contribution is -0.126. The molecule has 1 saturated carbocycles. The Morgan fingerprint density at radius 1 is 1.33 bits per heavy atom. The van der Waals surface area contributed by atoms with Crippen molar-refractivity contribution in [3.63, 3.8) is 0 Å². The van der Waals surface area contributed by atoms with E-state index in [1.54, 1.807) is 12.4 Å². The minimum absolute atomic E-state index is 0.0925. The number of rotatable bonds is 3. The fourth-order valence-corrected chi connectivity index (χ4v) is 5.14. The third-order valence-electron chi connectivity index (χ3n) is 6.47. The molecule has 1 unspecified atom stereocenters. The number of fused-ring (bicyclic) bond motifs is 2. The fraction of sp³-hybridized carbons (Fsp3) is 0.455. The molecule has 1 aliphatic carbocycles. The molecule has 2 heterocycles. The lowest BCUT2D eigenvalue weighted by atomic mass is 9.88. The third-order valence-corrected chi connectivity index (χ3v) is 6.47. The molecule has 3 aliphatic rings. The van der Waals surface area contributed by atoms with E-state index in [4.69, 9.17) is 5.73 Å². The summed E-state index contributed by atoms with van der Waals surface area (Å²) in [7, 11) is 0. The van der Waals surface area contributed by atoms with Gasteiger partial charge in [-0.2, -0.15) is 5.26 Å². The van der Waals surface area contributed by atoms with E-state index < -0.39 is 5.54 Å². The summed E-state index contributed by atoms with van der Waals surface area (Å²) in [5.41, 5.74) is 8.42. The first-order valence-corrected chi connectivity index (χ1v) is 9.85. The van der Waals surface area contributed by atoms with Gasteiger partial charge in [0.1, 0.15) is 0 Å². The molecular weight excluding hydrogens is 336 g/mol. The number of nitrogens with zero attached hydrogens (tertiary/aromatic N) is 3. The minimum atomic E-state index is -0.773. The lowest BCUT2D eigenvalue weighted by Crippen LogP contribution is -2.48. The van der Waals surface area contributed by atoms with Gasteiger partial charge >= 0.3 is 0 Å². The van der Waals surface area contributed by atoms with Crippen LogP contribution in [0.4, 0.5) is 5.69 Å². The van der Waals surface area contributed by atoms with Crippen LogP contribution in [-0.2, 0) is 10.3 Å². The Kier molecular flexibility index (Phi) is 4.43. The molecule has 2 aliphatic heterocycles. The standard InChI is InChI=1S/C22H26N4O/c1-2-26-18(14-24)10-11-22(26)19-9-8-17(13-23)12-20(19)25(21(22)27)15-16-6-4-3-5-7-16/h2,8-9,12,14,16H,1,3-7,10-11,15,24H2/b18-14-. The van der Waals surface area contributed by atoms with Crippen molar-refractivity contribution in [1.29, 1.82) is 5.26 Å². The van der Waals surface area contributed by atoms with Crippen LogP contribution in [0.15, 0.2) is 42.9 Å². The van der Waals surface area contributed by atoms with Crippen LogP contribution in [-0.4, -0.2) is 17.4 Å². The Morgan fingerprint density at radius 3 is 2.78 bits per heavy atom. The zero-order chi connectivity index (χ0) is 19.0. The predicted molar refractivity (Wildman–Crippen MR) is 105 cm³/mol. The predicted octanol–water partition coefficient (Wildman–Crippen LogP) is 3.72. The normalized spacial score (nSPS) is 26.6. The molecule has 1 aromatic carbocycles. The summed E-state index contributed by atoms with van der Waals surface area (Å²) in [5.74, 6) is 0.620. The van der Waals surface area contributed by atoms with E-state index in [9.17, 15) is 10.1 Å². The molecular formula is C22H26N4O. The maximum Gasteiger partial charge on any atom is 0.257 e. The highest BCUT2D eigenvalue weighted by Gasteiger charge is 2.57. The number of carbonyl (C=O) groups excluding carboxylic acids is 1. The van der Waals surface area contributed by atoms with E-state index in [0.29, 0.717) is 17.9 Å². The number of carbonyl (C=O) groups is 1. The average molecular weight is 362 g/mol. The van der Waals surface area contributed by atoms with Gasteiger partial charge in [0.15, 0.2) is 5.54 Å². The summed E-state index contributed by atoms with van der Waals surface area (Å²) in [6.45, 7) is 4.68. The molecule has 5 nitrogen and oxygen atoms in total. The first-order valence-electron chi connectivity index (χ1n) is 9.85. The van der Waals surface area contributed by atoms with Crippen molar-refractivity contribution in [3.05, 3.63) is 54.0 Å². The van der Waals surface area contributed by atoms with Crippen LogP contribution in [0.2, 0.25) is 0 Å². The Hall–Kier alpha value is -2.74. The molecule has 1 amide bonds. The second-order valence-corrected chi connectivity index (χ2v) is 7.83. The molecule has 2 N–H and O–H groups in total. The second kappa shape index (κ2) is 6.77. The van der Waals surface area contributed by atoms with Gasteiger partial charge < -0.3 is 15.5 Å². The Morgan fingerprint density at radius 2 is 2.11 bits per heavy atom. The van der Waals surface area contributed by atoms with E-state index in [2.05, 4.69) is 12.6 Å². The molecule has 1 saturated heterocycles. The first kappa shape index (κ1) is 17.7. The second-order valence-electron chi connectivity index (χ2n) is 7.83. The van der Waals surface area contributed by atoms with Crippen LogP contribution in [0.5, 0.6) is 0 Å². The van der Waals surface area contributed by atoms with E-state index in [0.717, 1.165) is 29.9 Å². The highest BCUT2D eigenvalue weighted by Crippen LogP contribution is 2.53. The zero-order valence-corrected chi connectivity index (χ0v) is 15.7. The van der Waals surface area contributed by atoms with Crippen LogP contribution in [0.25, 0.3) is 0 Å². The maximum absolute atomic E-state index is 13.8. The molecule has 1 atom stereocenters. The highest BCUT2D eigenvalue weighted by molar-refractivity contribution is 6.08. The zero-order valence-electron chi connectivity index (χ0n) is 15.7. The van der Waals surface area contributed by atoms with Crippen molar-refractivity contribution in [2.45, 2.75) is 50.5 Å². The van der Waals surface area contributed by atoms with E-state index in [1.165, 1.54) is 32.1 Å². The largest absolute Gasteiger partial charge is 0.403 e. The number of hydrogen-bond donors (Lipinski definition) is 1. The molecule has 27 heavy (non-hydrogen) atoms. The van der Waals surface area contributed by atoms with Crippen molar-refractivity contribution < 1.29 is 4.79 Å². The molecule has 5 heteroatoms. The molecule has 140 valence electrons. The Bertz CT molecular complexity index is 846. The maximum atomic E-state index is 13.8. The van der Waals surface area contributed by atoms with Crippen LogP contribution >= 0.6 is 0 Å². The summed E-state index contributed by atoms with van der Waals surface area (Å²) < 4.78 is 0. The topological polar surface area (TPSA) is 73.4 Å². The molecule has 0 radical (unpaired) electrons. The highest BCUT2D eigenvalue weighted by atomic mass is 16.2. The van der Waals surface area contributed by atoms with Gasteiger partial charge in [0.25, 0.3) is 5.91 Å². The Balaban J connectivity index is 1.80. The van der Waals surface area contributed by atoms with Crippen molar-refractivity contribution in [2.75, 3.05) is 11.4 Å². The SMILES string of the molecule is C=CN1/C(=C\N)CCC12C(=O)N(CC1CCCCC1)c1cc(C#N)ccc12. The van der Waals surface area contributed by atoms with Gasteiger partial charge in [0, 0.05) is 24.0 Å². The molecule has 2 fully saturated rings. The minimum Gasteiger partial charge on any atom is -0.403 e. The van der Waals surface area contributed by atoms with Gasteiger partial charge in [-0.1, -0.05) is 31.9 Å². The fourth-order valence-electron chi connectivity index (χ4n) is 5.14. The van der Waals surface area contributed by atoms with E-state index >= 15 is 0 Å². The van der Waals surface area contributed by atoms with Crippen LogP contribution < -0.4 is 10.6 Å². The molecule has 1 spiro atoms. The number of amides is 1. The smallest absolute Gasteiger partial charge is 0.257 e. The number of nitriles is 1. The molecule has 0 bridgehead atoms. The van der Waals surface area contributed by atoms with Crippen molar-refractivity contribution in [2.24, 2.45) is 11.7 Å². The molecule has 0 aromatic heterocycles. The van der Waals surface area contributed by atoms with Gasteiger partial charge in [0.05, 0.1) is 17.3 Å². The summed E-state index contributed by atoms with van der Waals surface area (Å²) >= 11 is 0. The van der Waals surface area contributed by atoms with Gasteiger partial charge in [0.2, 0.25) is 0 Å². The van der Waals surface area contributed by atoms with Gasteiger partial charge in [-0.25, -0.2) is 0 Å². The van der Waals surface area contributed by atoms with E-state index in [1.807, 2.05) is 28.0 Å². The number of likely N-dealkylation sites (tertiary alicyclic amines) is 1. The number of anilines is 1. The number of nitrogens with two attached hydrogens (primary N) is 1. The van der Waals surface area contributed by atoms with Crippen molar-refractivity contribution in [1.82, 2.24) is 4.90 Å². The average Bonchev–Trinajstić information content (AvgIpc) is 3.20. The van der Waals surface area contributed by atoms with Gasteiger partial charge in [-0.05, 0) is 49.9 Å². The summed E-state index contributed by atoms with van der Waals surface area (Å²) in [6, 6.07) is 7.84. The van der Waals surface area contributed by atoms with Crippen LogP contribution in [0, 0.1) is 17.2 Å². The lowest BCUT2D eigenvalue weighted by Gasteiger charge is -2.34. The van der Waals surface area contributed by atoms with E-state index in [-0.39, 0.29) is 5.91 Å². The van der Waals surface area contributed by atoms with Gasteiger partial charge in [-0.3, -0.25) is 4.79 Å². The summed E-state index contributed by atoms with van der Waals surface area (Å²) in [5, 5.41) is 9.37. The van der Waals surface area contributed by atoms with Crippen LogP contribution in [0.3, 0.4) is 0 Å². The summed E-state index contributed by atoms with van der Waals surface area (Å²) in [4.78, 5) is 17.7. The van der Waals surface area contributed by atoms with Crippen molar-refractivity contribution in [3.8, 4) is 6.07 Å². The van der Waals surface area contributed by atoms with Gasteiger partial charge in [-0.15, -0.1) is 0 Å². The first-order chi connectivity index (χ1) is 13.2. The molecule has 4 rings (SSSR count). The monoisotopic (exact) mass is 362 g/mol. The van der Waals surface area contributed by atoms with Crippen LogP contribution in [0.1, 0.15) is 56.1 Å². The van der Waals surface area contributed by atoms with Crippen molar-refractivity contribution >= 4 is 11.6 Å². The number of allylic oxidation sites excluding steroid dienone is 1. The third kappa shape index (κ3) is 2.55. The molecule has 1 aromatic rings. The number of hydrogen-bond acceptors (Lipinski definition) is 4. The Labute approximate surface area is 160 Å². The summed E-state index contributed by atoms with van der Waals surface area (Å²) in [6.07, 6.45) is 10.8. The quantitative estimate of drug-likeness (QED) is 0.889.